The van der Waals surface area contributed by atoms with E-state index in [2.05, 4.69) is 15.3 Å². The number of halogens is 1. The van der Waals surface area contributed by atoms with Crippen LogP contribution < -0.4 is 5.32 Å². The van der Waals surface area contributed by atoms with Crippen molar-refractivity contribution in [1.29, 1.82) is 0 Å². The van der Waals surface area contributed by atoms with Gasteiger partial charge in [-0.2, -0.15) is 0 Å². The number of aromatic nitrogens is 2. The quantitative estimate of drug-likeness (QED) is 0.637. The Morgan fingerprint density at radius 2 is 2.06 bits per heavy atom. The van der Waals surface area contributed by atoms with Gasteiger partial charge in [-0.3, -0.25) is 0 Å². The second-order valence-electron chi connectivity index (χ2n) is 4.45. The summed E-state index contributed by atoms with van der Waals surface area (Å²) in [6, 6.07) is 2.31. The van der Waals surface area contributed by atoms with Crippen molar-refractivity contribution in [2.24, 2.45) is 0 Å². The van der Waals surface area contributed by atoms with Gasteiger partial charge in [0.1, 0.15) is 12.1 Å². The second kappa shape index (κ2) is 5.48. The third-order valence-corrected chi connectivity index (χ3v) is 3.59. The van der Waals surface area contributed by atoms with Crippen LogP contribution in [0.1, 0.15) is 37.8 Å². The molecule has 0 amide bonds. The van der Waals surface area contributed by atoms with Gasteiger partial charge in [0.25, 0.3) is 0 Å². The standard InChI is InChI=1S/C12H18ClN3/c1-9-7-12(15-8-14-9)16-11-6-4-2-3-5-10(11)13/h7-8,10-11H,2-6H2,1H3,(H,14,15,16). The van der Waals surface area contributed by atoms with Gasteiger partial charge in [0.2, 0.25) is 0 Å². The van der Waals surface area contributed by atoms with Gasteiger partial charge >= 0.3 is 0 Å². The minimum absolute atomic E-state index is 0.220. The zero-order chi connectivity index (χ0) is 11.4. The second-order valence-corrected chi connectivity index (χ2v) is 5.01. The Balaban J connectivity index is 2.02. The van der Waals surface area contributed by atoms with Gasteiger partial charge in [0.05, 0.1) is 5.38 Å². The number of aryl methyl sites for hydroxylation is 1. The van der Waals surface area contributed by atoms with Gasteiger partial charge < -0.3 is 5.32 Å². The summed E-state index contributed by atoms with van der Waals surface area (Å²) in [6.07, 6.45) is 7.63. The van der Waals surface area contributed by atoms with Crippen molar-refractivity contribution in [3.63, 3.8) is 0 Å². The van der Waals surface area contributed by atoms with Gasteiger partial charge in [-0.1, -0.05) is 19.3 Å². The molecule has 88 valence electrons. The van der Waals surface area contributed by atoms with E-state index in [4.69, 9.17) is 11.6 Å². The molecule has 4 heteroatoms. The summed E-state index contributed by atoms with van der Waals surface area (Å²) in [4.78, 5) is 8.30. The fraction of sp³-hybridized carbons (Fsp3) is 0.667. The highest BCUT2D eigenvalue weighted by atomic mass is 35.5. The Morgan fingerprint density at radius 1 is 1.25 bits per heavy atom. The van der Waals surface area contributed by atoms with Crippen LogP contribution in [0, 0.1) is 6.92 Å². The monoisotopic (exact) mass is 239 g/mol. The fourth-order valence-electron chi connectivity index (χ4n) is 2.15. The van der Waals surface area contributed by atoms with E-state index < -0.39 is 0 Å². The molecule has 0 radical (unpaired) electrons. The predicted molar refractivity (Wildman–Crippen MR) is 66.9 cm³/mol. The lowest BCUT2D eigenvalue weighted by Crippen LogP contribution is -2.29. The Kier molecular flexibility index (Phi) is 3.99. The van der Waals surface area contributed by atoms with Crippen molar-refractivity contribution in [2.45, 2.75) is 50.4 Å². The maximum atomic E-state index is 6.37. The summed E-state index contributed by atoms with van der Waals surface area (Å²) < 4.78 is 0. The SMILES string of the molecule is Cc1cc(NC2CCCCCC2Cl)ncn1. The van der Waals surface area contributed by atoms with Crippen LogP contribution in [0.3, 0.4) is 0 Å². The molecule has 2 rings (SSSR count). The molecule has 1 aliphatic carbocycles. The number of alkyl halides is 1. The molecule has 0 bridgehead atoms. The number of hydrogen-bond acceptors (Lipinski definition) is 3. The minimum Gasteiger partial charge on any atom is -0.366 e. The lowest BCUT2D eigenvalue weighted by atomic mass is 10.1. The van der Waals surface area contributed by atoms with Crippen molar-refractivity contribution in [1.82, 2.24) is 9.97 Å². The molecule has 1 N–H and O–H groups in total. The van der Waals surface area contributed by atoms with Crippen LogP contribution in [0.25, 0.3) is 0 Å². The molecule has 1 aromatic rings. The molecule has 0 spiro atoms. The van der Waals surface area contributed by atoms with E-state index >= 15 is 0 Å². The summed E-state index contributed by atoms with van der Waals surface area (Å²) in [5.74, 6) is 0.894. The third kappa shape index (κ3) is 3.08. The minimum atomic E-state index is 0.220. The van der Waals surface area contributed by atoms with Crippen LogP contribution in [0.15, 0.2) is 12.4 Å². The molecule has 0 saturated heterocycles. The Labute approximate surface area is 102 Å². The number of nitrogens with zero attached hydrogens (tertiary/aromatic N) is 2. The fourth-order valence-corrected chi connectivity index (χ4v) is 2.49. The largest absolute Gasteiger partial charge is 0.366 e. The Morgan fingerprint density at radius 3 is 2.88 bits per heavy atom. The molecule has 0 aliphatic heterocycles. The van der Waals surface area contributed by atoms with Crippen LogP contribution in [-0.4, -0.2) is 21.4 Å². The number of anilines is 1. The molecular weight excluding hydrogens is 222 g/mol. The topological polar surface area (TPSA) is 37.8 Å². The summed E-state index contributed by atoms with van der Waals surface area (Å²) in [7, 11) is 0. The van der Waals surface area contributed by atoms with E-state index in [0.29, 0.717) is 6.04 Å². The predicted octanol–water partition coefficient (Wildman–Crippen LogP) is 3.14. The Hall–Kier alpha value is -0.830. The summed E-state index contributed by atoms with van der Waals surface area (Å²) in [5.41, 5.74) is 0.984. The molecule has 1 aromatic heterocycles. The number of rotatable bonds is 2. The van der Waals surface area contributed by atoms with E-state index in [1.165, 1.54) is 19.3 Å². The van der Waals surface area contributed by atoms with E-state index in [0.717, 1.165) is 24.4 Å². The summed E-state index contributed by atoms with van der Waals surface area (Å²) in [5, 5.41) is 3.65. The van der Waals surface area contributed by atoms with Crippen LogP contribution in [0.5, 0.6) is 0 Å². The van der Waals surface area contributed by atoms with Crippen LogP contribution >= 0.6 is 11.6 Å². The number of hydrogen-bond donors (Lipinski definition) is 1. The van der Waals surface area contributed by atoms with Crippen molar-refractivity contribution in [2.75, 3.05) is 5.32 Å². The highest BCUT2D eigenvalue weighted by molar-refractivity contribution is 6.21. The van der Waals surface area contributed by atoms with Gasteiger partial charge in [-0.05, 0) is 19.8 Å². The van der Waals surface area contributed by atoms with E-state index in [1.54, 1.807) is 6.33 Å². The van der Waals surface area contributed by atoms with Crippen LogP contribution in [-0.2, 0) is 0 Å². The first-order chi connectivity index (χ1) is 7.75. The first-order valence-electron chi connectivity index (χ1n) is 5.95. The molecule has 0 aromatic carbocycles. The van der Waals surface area contributed by atoms with E-state index in [-0.39, 0.29) is 5.38 Å². The van der Waals surface area contributed by atoms with Crippen molar-refractivity contribution < 1.29 is 0 Å². The van der Waals surface area contributed by atoms with E-state index in [1.807, 2.05) is 13.0 Å². The first kappa shape index (κ1) is 11.6. The zero-order valence-electron chi connectivity index (χ0n) is 9.62. The lowest BCUT2D eigenvalue weighted by Gasteiger charge is -2.21. The molecule has 2 atom stereocenters. The summed E-state index contributed by atoms with van der Waals surface area (Å²) in [6.45, 7) is 1.97. The van der Waals surface area contributed by atoms with E-state index in [9.17, 15) is 0 Å². The van der Waals surface area contributed by atoms with Crippen LogP contribution in [0.4, 0.5) is 5.82 Å². The van der Waals surface area contributed by atoms with Crippen LogP contribution in [0.2, 0.25) is 0 Å². The average Bonchev–Trinajstić information content (AvgIpc) is 2.45. The first-order valence-corrected chi connectivity index (χ1v) is 6.38. The van der Waals surface area contributed by atoms with Crippen molar-refractivity contribution in [3.8, 4) is 0 Å². The smallest absolute Gasteiger partial charge is 0.129 e. The molecule has 16 heavy (non-hydrogen) atoms. The maximum Gasteiger partial charge on any atom is 0.129 e. The van der Waals surface area contributed by atoms with Gasteiger partial charge in [-0.25, -0.2) is 9.97 Å². The molecular formula is C12H18ClN3. The van der Waals surface area contributed by atoms with Gasteiger partial charge in [-0.15, -0.1) is 11.6 Å². The number of nitrogens with one attached hydrogen (secondary N) is 1. The third-order valence-electron chi connectivity index (χ3n) is 3.07. The molecule has 3 nitrogen and oxygen atoms in total. The van der Waals surface area contributed by atoms with Crippen molar-refractivity contribution in [3.05, 3.63) is 18.1 Å². The normalized spacial score (nSPS) is 26.1. The maximum absolute atomic E-state index is 6.37. The Bertz CT molecular complexity index is 343. The molecule has 2 unspecified atom stereocenters. The van der Waals surface area contributed by atoms with Crippen molar-refractivity contribution >= 4 is 17.4 Å². The lowest BCUT2D eigenvalue weighted by molar-refractivity contribution is 0.624. The molecule has 1 fully saturated rings. The average molecular weight is 240 g/mol. The highest BCUT2D eigenvalue weighted by Gasteiger charge is 2.21. The van der Waals surface area contributed by atoms with Gasteiger partial charge in [0.15, 0.2) is 0 Å². The highest BCUT2D eigenvalue weighted by Crippen LogP contribution is 2.24. The zero-order valence-corrected chi connectivity index (χ0v) is 10.4. The van der Waals surface area contributed by atoms with Gasteiger partial charge in [0, 0.05) is 17.8 Å². The molecule has 1 aliphatic rings. The molecule has 1 heterocycles. The summed E-state index contributed by atoms with van der Waals surface area (Å²) >= 11 is 6.37. The molecule has 1 saturated carbocycles.